The quantitative estimate of drug-likeness (QED) is 0.254. The van der Waals surface area contributed by atoms with Gasteiger partial charge in [0.2, 0.25) is 0 Å². The molecule has 0 amide bonds. The van der Waals surface area contributed by atoms with Crippen LogP contribution in [0.5, 0.6) is 0 Å². The van der Waals surface area contributed by atoms with Gasteiger partial charge in [-0.1, -0.05) is 101 Å². The molecule has 1 saturated carbocycles. The zero-order valence-electron chi connectivity index (χ0n) is 20.9. The van der Waals surface area contributed by atoms with E-state index >= 15 is 4.39 Å². The lowest BCUT2D eigenvalue weighted by molar-refractivity contribution is 0.249. The number of allylic oxidation sites excluding steroid dienone is 2. The van der Waals surface area contributed by atoms with Crippen LogP contribution >= 0.6 is 0 Å². The van der Waals surface area contributed by atoms with Crippen molar-refractivity contribution < 1.29 is 13.2 Å². The van der Waals surface area contributed by atoms with E-state index in [9.17, 15) is 8.78 Å². The maximum atomic E-state index is 15.4. The van der Waals surface area contributed by atoms with Gasteiger partial charge in [0.1, 0.15) is 5.82 Å². The number of rotatable bonds is 9. The molecule has 0 saturated heterocycles. The van der Waals surface area contributed by atoms with Crippen LogP contribution in [0.15, 0.2) is 35.9 Å². The van der Waals surface area contributed by atoms with Crippen molar-refractivity contribution in [1.29, 1.82) is 0 Å². The van der Waals surface area contributed by atoms with E-state index in [2.05, 4.69) is 13.0 Å². The van der Waals surface area contributed by atoms with Crippen molar-refractivity contribution in [2.75, 3.05) is 0 Å². The third-order valence-corrected chi connectivity index (χ3v) is 8.24. The molecule has 4 rings (SSSR count). The van der Waals surface area contributed by atoms with Gasteiger partial charge in [-0.25, -0.2) is 13.2 Å². The van der Waals surface area contributed by atoms with Crippen molar-refractivity contribution in [1.82, 2.24) is 0 Å². The number of benzene rings is 2. The van der Waals surface area contributed by atoms with Crippen LogP contribution in [0.25, 0.3) is 11.1 Å². The Morgan fingerprint density at radius 3 is 2.15 bits per heavy atom. The summed E-state index contributed by atoms with van der Waals surface area (Å²) in [4.78, 5) is 0. The zero-order valence-corrected chi connectivity index (χ0v) is 20.9. The Bertz CT molecular complexity index is 1010. The molecule has 1 fully saturated rings. The lowest BCUT2D eigenvalue weighted by atomic mass is 9.77. The van der Waals surface area contributed by atoms with Gasteiger partial charge in [0.05, 0.1) is 0 Å². The summed E-state index contributed by atoms with van der Waals surface area (Å²) in [5.41, 5.74) is 3.50. The minimum Gasteiger partial charge on any atom is -0.206 e. The van der Waals surface area contributed by atoms with E-state index in [-0.39, 0.29) is 11.1 Å². The highest BCUT2D eigenvalue weighted by Gasteiger charge is 2.24. The molecule has 0 unspecified atom stereocenters. The maximum Gasteiger partial charge on any atom is 0.167 e. The van der Waals surface area contributed by atoms with E-state index in [1.54, 1.807) is 19.1 Å². The first-order valence-corrected chi connectivity index (χ1v) is 13.5. The lowest BCUT2D eigenvalue weighted by Crippen LogP contribution is -2.15. The summed E-state index contributed by atoms with van der Waals surface area (Å²) in [6.07, 6.45) is 17.2. The van der Waals surface area contributed by atoms with Gasteiger partial charge >= 0.3 is 0 Å². The molecule has 0 radical (unpaired) electrons. The normalized spacial score (nSPS) is 20.2. The van der Waals surface area contributed by atoms with Gasteiger partial charge in [-0.2, -0.15) is 0 Å². The number of hydrogen-bond donors (Lipinski definition) is 0. The van der Waals surface area contributed by atoms with Crippen LogP contribution in [0.1, 0.15) is 94.7 Å². The van der Waals surface area contributed by atoms with Gasteiger partial charge in [0.15, 0.2) is 11.6 Å². The molecule has 0 aliphatic heterocycles. The summed E-state index contributed by atoms with van der Waals surface area (Å²) in [5.74, 6) is -0.457. The molecule has 2 aromatic carbocycles. The Labute approximate surface area is 203 Å². The maximum absolute atomic E-state index is 15.4. The molecule has 3 heteroatoms. The van der Waals surface area contributed by atoms with Crippen LogP contribution in [-0.2, 0) is 19.3 Å². The summed E-state index contributed by atoms with van der Waals surface area (Å²) < 4.78 is 44.3. The summed E-state index contributed by atoms with van der Waals surface area (Å²) in [7, 11) is 0. The molecular formula is C31H39F3. The van der Waals surface area contributed by atoms with Gasteiger partial charge in [-0.15, -0.1) is 0 Å². The molecule has 0 atom stereocenters. The molecular weight excluding hydrogens is 429 g/mol. The van der Waals surface area contributed by atoms with Crippen molar-refractivity contribution in [2.45, 2.75) is 97.3 Å². The summed E-state index contributed by atoms with van der Waals surface area (Å²) in [5, 5.41) is 0. The van der Waals surface area contributed by atoms with Gasteiger partial charge in [-0.05, 0) is 60.6 Å². The largest absolute Gasteiger partial charge is 0.206 e. The predicted molar refractivity (Wildman–Crippen MR) is 135 cm³/mol. The molecule has 0 N–H and O–H groups in total. The van der Waals surface area contributed by atoms with Gasteiger partial charge in [-0.3, -0.25) is 0 Å². The molecule has 0 spiro atoms. The number of aryl methyl sites for hydroxylation is 1. The number of hydrogen-bond acceptors (Lipinski definition) is 0. The van der Waals surface area contributed by atoms with E-state index in [0.717, 1.165) is 30.2 Å². The van der Waals surface area contributed by atoms with Gasteiger partial charge in [0.25, 0.3) is 0 Å². The fourth-order valence-electron chi connectivity index (χ4n) is 5.96. The highest BCUT2D eigenvalue weighted by molar-refractivity contribution is 5.68. The van der Waals surface area contributed by atoms with Crippen LogP contribution in [0.3, 0.4) is 0 Å². The first-order chi connectivity index (χ1) is 16.5. The topological polar surface area (TPSA) is 0 Å². The SMILES string of the molecule is CCCCCC1CCC(CCC2=CCc3c(ccc(-c4ccc(CC)c(F)c4F)c3F)C2)CC1. The second-order valence-electron chi connectivity index (χ2n) is 10.5. The summed E-state index contributed by atoms with van der Waals surface area (Å²) in [6.45, 7) is 4.05. The molecule has 2 aliphatic rings. The smallest absolute Gasteiger partial charge is 0.167 e. The standard InChI is InChI=1S/C31H39F3/c1-3-5-6-7-21-8-10-22(11-9-21)12-13-23-14-17-26-25(20-23)16-19-27(30(26)33)28-18-15-24(4-2)29(32)31(28)34/h14-16,18-19,21-22H,3-13,17,20H2,1-2H3. The molecule has 0 aromatic heterocycles. The van der Waals surface area contributed by atoms with Gasteiger partial charge in [0, 0.05) is 11.1 Å². The molecule has 0 bridgehead atoms. The van der Waals surface area contributed by atoms with Gasteiger partial charge < -0.3 is 0 Å². The number of unbranched alkanes of at least 4 members (excludes halogenated alkanes) is 2. The summed E-state index contributed by atoms with van der Waals surface area (Å²) in [6, 6.07) is 6.60. The second-order valence-corrected chi connectivity index (χ2v) is 10.5. The average molecular weight is 469 g/mol. The number of halogens is 3. The Morgan fingerprint density at radius 2 is 1.44 bits per heavy atom. The Kier molecular flexibility index (Phi) is 8.55. The molecule has 34 heavy (non-hydrogen) atoms. The van der Waals surface area contributed by atoms with Crippen LogP contribution in [0.2, 0.25) is 0 Å². The summed E-state index contributed by atoms with van der Waals surface area (Å²) >= 11 is 0. The average Bonchev–Trinajstić information content (AvgIpc) is 2.86. The fraction of sp³-hybridized carbons (Fsp3) is 0.548. The van der Waals surface area contributed by atoms with E-state index in [1.165, 1.54) is 69.4 Å². The predicted octanol–water partition coefficient (Wildman–Crippen LogP) is 9.53. The third kappa shape index (κ3) is 5.61. The third-order valence-electron chi connectivity index (χ3n) is 8.24. The first kappa shape index (κ1) is 25.1. The fourth-order valence-corrected chi connectivity index (χ4v) is 5.96. The molecule has 0 nitrogen and oxygen atoms in total. The molecule has 2 aliphatic carbocycles. The van der Waals surface area contributed by atoms with E-state index < -0.39 is 17.5 Å². The zero-order chi connectivity index (χ0) is 24.1. The van der Waals surface area contributed by atoms with Crippen molar-refractivity contribution in [3.8, 4) is 11.1 Å². The Balaban J connectivity index is 1.35. The van der Waals surface area contributed by atoms with Crippen molar-refractivity contribution in [2.24, 2.45) is 11.8 Å². The minimum absolute atomic E-state index is 0.00933. The Hall–Kier alpha value is -2.03. The first-order valence-electron chi connectivity index (χ1n) is 13.5. The monoisotopic (exact) mass is 468 g/mol. The second kappa shape index (κ2) is 11.6. The van der Waals surface area contributed by atoms with E-state index in [0.29, 0.717) is 24.0 Å². The Morgan fingerprint density at radius 1 is 0.765 bits per heavy atom. The van der Waals surface area contributed by atoms with Crippen LogP contribution < -0.4 is 0 Å². The molecule has 2 aromatic rings. The lowest BCUT2D eigenvalue weighted by Gasteiger charge is -2.29. The van der Waals surface area contributed by atoms with Crippen molar-refractivity contribution in [3.63, 3.8) is 0 Å². The molecule has 184 valence electrons. The van der Waals surface area contributed by atoms with E-state index in [1.807, 2.05) is 6.07 Å². The minimum atomic E-state index is -0.953. The van der Waals surface area contributed by atoms with Crippen LogP contribution in [0.4, 0.5) is 13.2 Å². The van der Waals surface area contributed by atoms with Crippen molar-refractivity contribution >= 4 is 0 Å². The highest BCUT2D eigenvalue weighted by atomic mass is 19.2. The van der Waals surface area contributed by atoms with Crippen LogP contribution in [0, 0.1) is 29.3 Å². The van der Waals surface area contributed by atoms with E-state index in [4.69, 9.17) is 0 Å². The highest BCUT2D eigenvalue weighted by Crippen LogP contribution is 2.37. The number of fused-ring (bicyclic) bond motifs is 1. The molecule has 0 heterocycles. The van der Waals surface area contributed by atoms with Crippen LogP contribution in [-0.4, -0.2) is 0 Å². The van der Waals surface area contributed by atoms with Crippen molar-refractivity contribution in [3.05, 3.63) is 70.1 Å².